The van der Waals surface area contributed by atoms with Crippen molar-refractivity contribution >= 4 is 21.4 Å². The van der Waals surface area contributed by atoms with E-state index in [0.717, 1.165) is 18.2 Å². The highest BCUT2D eigenvalue weighted by molar-refractivity contribution is 7.92. The first-order valence-electron chi connectivity index (χ1n) is 6.95. The van der Waals surface area contributed by atoms with Crippen LogP contribution in [0.3, 0.4) is 0 Å². The van der Waals surface area contributed by atoms with Crippen molar-refractivity contribution in [3.05, 3.63) is 57.9 Å². The minimum absolute atomic E-state index is 0.230. The molecule has 2 rings (SSSR count). The van der Waals surface area contributed by atoms with Crippen LogP contribution in [0, 0.1) is 22.9 Å². The van der Waals surface area contributed by atoms with Crippen LogP contribution in [0.4, 0.5) is 15.8 Å². The van der Waals surface area contributed by atoms with E-state index in [1.54, 1.807) is 6.92 Å². The van der Waals surface area contributed by atoms with Crippen LogP contribution >= 0.6 is 0 Å². The number of hydrogen-bond donors (Lipinski definition) is 1. The number of nitro groups is 1. The molecule has 0 heterocycles. The van der Waals surface area contributed by atoms with Gasteiger partial charge in [-0.3, -0.25) is 14.8 Å². The topological polar surface area (TPSA) is 98.5 Å². The molecule has 0 aliphatic carbocycles. The average Bonchev–Trinajstić information content (AvgIpc) is 2.51. The Morgan fingerprint density at radius 2 is 1.96 bits per heavy atom. The van der Waals surface area contributed by atoms with Gasteiger partial charge in [-0.15, -0.1) is 0 Å². The Morgan fingerprint density at radius 3 is 2.58 bits per heavy atom. The van der Waals surface area contributed by atoms with Crippen molar-refractivity contribution < 1.29 is 22.5 Å². The Labute approximate surface area is 138 Å². The van der Waals surface area contributed by atoms with Crippen molar-refractivity contribution in [1.82, 2.24) is 0 Å². The SMILES string of the molecule is CCOc1ccc(NS(=O)(=O)c2cc(F)ccc2C)c([N+](=O)[O-])c1. The Balaban J connectivity index is 2.46. The van der Waals surface area contributed by atoms with Gasteiger partial charge in [0, 0.05) is 0 Å². The van der Waals surface area contributed by atoms with E-state index in [-0.39, 0.29) is 16.3 Å². The van der Waals surface area contributed by atoms with Crippen LogP contribution in [0.2, 0.25) is 0 Å². The van der Waals surface area contributed by atoms with E-state index < -0.39 is 26.5 Å². The molecule has 0 radical (unpaired) electrons. The van der Waals surface area contributed by atoms with Gasteiger partial charge in [-0.05, 0) is 43.7 Å². The minimum atomic E-state index is -4.18. The number of aryl methyl sites for hydroxylation is 1. The molecule has 0 spiro atoms. The molecule has 0 saturated carbocycles. The number of benzene rings is 2. The van der Waals surface area contributed by atoms with Crippen LogP contribution in [0.15, 0.2) is 41.3 Å². The van der Waals surface area contributed by atoms with E-state index in [9.17, 15) is 22.9 Å². The van der Waals surface area contributed by atoms with Crippen molar-refractivity contribution in [1.29, 1.82) is 0 Å². The molecule has 0 atom stereocenters. The number of nitrogens with zero attached hydrogens (tertiary/aromatic N) is 1. The fraction of sp³-hybridized carbons (Fsp3) is 0.200. The quantitative estimate of drug-likeness (QED) is 0.634. The molecule has 0 unspecified atom stereocenters. The van der Waals surface area contributed by atoms with Crippen LogP contribution in [0.25, 0.3) is 0 Å². The number of sulfonamides is 1. The van der Waals surface area contributed by atoms with Gasteiger partial charge in [0.2, 0.25) is 0 Å². The molecule has 0 amide bonds. The summed E-state index contributed by atoms with van der Waals surface area (Å²) in [6.07, 6.45) is 0. The first kappa shape index (κ1) is 17.7. The van der Waals surface area contributed by atoms with Gasteiger partial charge < -0.3 is 4.74 Å². The third-order valence-corrected chi connectivity index (χ3v) is 4.67. The summed E-state index contributed by atoms with van der Waals surface area (Å²) in [4.78, 5) is 10.2. The zero-order valence-electron chi connectivity index (χ0n) is 12.9. The van der Waals surface area contributed by atoms with Crippen LogP contribution < -0.4 is 9.46 Å². The molecule has 0 aliphatic heterocycles. The molecule has 0 aliphatic rings. The predicted molar refractivity (Wildman–Crippen MR) is 86.2 cm³/mol. The van der Waals surface area contributed by atoms with Gasteiger partial charge in [0.1, 0.15) is 17.3 Å². The number of anilines is 1. The molecule has 7 nitrogen and oxygen atoms in total. The number of halogens is 1. The van der Waals surface area contributed by atoms with Gasteiger partial charge >= 0.3 is 0 Å². The maximum Gasteiger partial charge on any atom is 0.297 e. The largest absolute Gasteiger partial charge is 0.494 e. The van der Waals surface area contributed by atoms with Crippen LogP contribution in [-0.4, -0.2) is 19.9 Å². The highest BCUT2D eigenvalue weighted by Crippen LogP contribution is 2.31. The van der Waals surface area contributed by atoms with Gasteiger partial charge in [-0.1, -0.05) is 6.07 Å². The number of nitrogens with one attached hydrogen (secondary N) is 1. The van der Waals surface area contributed by atoms with Gasteiger partial charge in [-0.25, -0.2) is 12.8 Å². The van der Waals surface area contributed by atoms with Crippen molar-refractivity contribution in [3.8, 4) is 5.75 Å². The Hall–Kier alpha value is -2.68. The number of rotatable bonds is 6. The van der Waals surface area contributed by atoms with Gasteiger partial charge in [0.05, 0.1) is 22.5 Å². The Bertz CT molecular complexity index is 883. The van der Waals surface area contributed by atoms with Crippen LogP contribution in [0.1, 0.15) is 12.5 Å². The lowest BCUT2D eigenvalue weighted by Crippen LogP contribution is -2.15. The smallest absolute Gasteiger partial charge is 0.297 e. The molecule has 2 aromatic carbocycles. The third kappa shape index (κ3) is 3.80. The zero-order chi connectivity index (χ0) is 17.9. The van der Waals surface area contributed by atoms with Crippen molar-refractivity contribution in [2.24, 2.45) is 0 Å². The maximum atomic E-state index is 13.3. The molecule has 128 valence electrons. The van der Waals surface area contributed by atoms with E-state index in [1.807, 2.05) is 0 Å². The number of hydrogen-bond acceptors (Lipinski definition) is 5. The standard InChI is InChI=1S/C15H15FN2O5S/c1-3-23-12-6-7-13(14(9-12)18(19)20)17-24(21,22)15-8-11(16)5-4-10(15)2/h4-9,17H,3H2,1-2H3. The summed E-state index contributed by atoms with van der Waals surface area (Å²) in [5.41, 5.74) is -0.372. The summed E-state index contributed by atoms with van der Waals surface area (Å²) in [6, 6.07) is 7.07. The van der Waals surface area contributed by atoms with E-state index >= 15 is 0 Å². The third-order valence-electron chi connectivity index (χ3n) is 3.16. The zero-order valence-corrected chi connectivity index (χ0v) is 13.8. The van der Waals surface area contributed by atoms with Crippen molar-refractivity contribution in [2.75, 3.05) is 11.3 Å². The molecule has 2 aromatic rings. The molecule has 1 N–H and O–H groups in total. The summed E-state index contributed by atoms with van der Waals surface area (Å²) in [5, 5.41) is 11.2. The molecule has 0 bridgehead atoms. The van der Waals surface area contributed by atoms with Crippen molar-refractivity contribution in [2.45, 2.75) is 18.7 Å². The van der Waals surface area contributed by atoms with Crippen LogP contribution in [-0.2, 0) is 10.0 Å². The maximum absolute atomic E-state index is 13.3. The summed E-state index contributed by atoms with van der Waals surface area (Å²) >= 11 is 0. The molecule has 9 heteroatoms. The monoisotopic (exact) mass is 354 g/mol. The molecule has 0 saturated heterocycles. The van der Waals surface area contributed by atoms with Crippen molar-refractivity contribution in [3.63, 3.8) is 0 Å². The fourth-order valence-corrected chi connectivity index (χ4v) is 3.40. The minimum Gasteiger partial charge on any atom is -0.494 e. The second kappa shape index (κ2) is 6.83. The highest BCUT2D eigenvalue weighted by Gasteiger charge is 2.23. The first-order chi connectivity index (χ1) is 11.2. The summed E-state index contributed by atoms with van der Waals surface area (Å²) < 4.78 is 45.5. The van der Waals surface area contributed by atoms with E-state index in [1.165, 1.54) is 25.1 Å². The van der Waals surface area contributed by atoms with E-state index in [0.29, 0.717) is 12.2 Å². The number of ether oxygens (including phenoxy) is 1. The van der Waals surface area contributed by atoms with Gasteiger partial charge in [0.15, 0.2) is 0 Å². The van der Waals surface area contributed by atoms with Gasteiger partial charge in [-0.2, -0.15) is 0 Å². The highest BCUT2D eigenvalue weighted by atomic mass is 32.2. The molecule has 0 fully saturated rings. The fourth-order valence-electron chi connectivity index (χ4n) is 2.07. The Morgan fingerprint density at radius 1 is 1.25 bits per heavy atom. The summed E-state index contributed by atoms with van der Waals surface area (Å²) in [7, 11) is -4.18. The second-order valence-corrected chi connectivity index (χ2v) is 6.54. The lowest BCUT2D eigenvalue weighted by molar-refractivity contribution is -0.384. The lowest BCUT2D eigenvalue weighted by atomic mass is 10.2. The summed E-state index contributed by atoms with van der Waals surface area (Å²) in [6.45, 7) is 3.53. The van der Waals surface area contributed by atoms with E-state index in [2.05, 4.69) is 4.72 Å². The summed E-state index contributed by atoms with van der Waals surface area (Å²) in [5.74, 6) is -0.476. The second-order valence-electron chi connectivity index (χ2n) is 4.88. The molecular weight excluding hydrogens is 339 g/mol. The number of nitro benzene ring substituents is 1. The normalized spacial score (nSPS) is 11.1. The van der Waals surface area contributed by atoms with Gasteiger partial charge in [0.25, 0.3) is 15.7 Å². The predicted octanol–water partition coefficient (Wildman–Crippen LogP) is 3.24. The van der Waals surface area contributed by atoms with Crippen LogP contribution in [0.5, 0.6) is 5.75 Å². The van der Waals surface area contributed by atoms with E-state index in [4.69, 9.17) is 4.74 Å². The first-order valence-corrected chi connectivity index (χ1v) is 8.43. The average molecular weight is 354 g/mol. The lowest BCUT2D eigenvalue weighted by Gasteiger charge is -2.11. The molecular formula is C15H15FN2O5S. The Kier molecular flexibility index (Phi) is 5.03. The molecule has 24 heavy (non-hydrogen) atoms. The molecule has 0 aromatic heterocycles.